The maximum Gasteiger partial charge on any atom is 0.418 e. The summed E-state index contributed by atoms with van der Waals surface area (Å²) < 4.78 is 39.6. The third kappa shape index (κ3) is 4.71. The van der Waals surface area contributed by atoms with Crippen molar-refractivity contribution in [1.29, 1.82) is 0 Å². The first-order valence-electron chi connectivity index (χ1n) is 6.87. The predicted octanol–water partition coefficient (Wildman–Crippen LogP) is 3.91. The molecule has 0 aliphatic carbocycles. The number of benzene rings is 1. The van der Waals surface area contributed by atoms with Crippen molar-refractivity contribution in [2.24, 2.45) is 5.92 Å². The van der Waals surface area contributed by atoms with Crippen LogP contribution in [0.15, 0.2) is 18.2 Å². The van der Waals surface area contributed by atoms with Crippen molar-refractivity contribution in [2.75, 3.05) is 25.0 Å². The highest BCUT2D eigenvalue weighted by molar-refractivity contribution is 5.56. The number of hydrogen-bond donors (Lipinski definition) is 1. The van der Waals surface area contributed by atoms with Crippen LogP contribution in [0.1, 0.15) is 31.9 Å². The highest BCUT2D eigenvalue weighted by Gasteiger charge is 2.34. The number of halogens is 3. The van der Waals surface area contributed by atoms with Gasteiger partial charge in [0.25, 0.3) is 0 Å². The van der Waals surface area contributed by atoms with E-state index in [-0.39, 0.29) is 5.69 Å². The first kappa shape index (κ1) is 16.8. The fourth-order valence-corrected chi connectivity index (χ4v) is 2.17. The number of nitrogens with zero attached hydrogens (tertiary/aromatic N) is 1. The molecule has 0 saturated heterocycles. The fraction of sp³-hybridized carbons (Fsp3) is 0.600. The molecule has 2 nitrogen and oxygen atoms in total. The Kier molecular flexibility index (Phi) is 5.87. The van der Waals surface area contributed by atoms with Crippen LogP contribution in [0, 0.1) is 5.92 Å². The van der Waals surface area contributed by atoms with Crippen molar-refractivity contribution < 1.29 is 13.2 Å². The minimum atomic E-state index is -4.33. The molecule has 1 rings (SSSR count). The number of alkyl halides is 3. The number of anilines is 1. The van der Waals surface area contributed by atoms with Gasteiger partial charge in [-0.05, 0) is 30.2 Å². The molecule has 1 aromatic rings. The molecule has 0 bridgehead atoms. The van der Waals surface area contributed by atoms with Crippen molar-refractivity contribution in [2.45, 2.75) is 33.5 Å². The summed E-state index contributed by atoms with van der Waals surface area (Å²) in [5.41, 5.74) is 0.336. The van der Waals surface area contributed by atoms with Crippen LogP contribution in [-0.4, -0.2) is 20.1 Å². The van der Waals surface area contributed by atoms with E-state index >= 15 is 0 Å². The minimum Gasteiger partial charge on any atom is -0.374 e. The van der Waals surface area contributed by atoms with E-state index in [0.29, 0.717) is 24.6 Å². The van der Waals surface area contributed by atoms with E-state index < -0.39 is 11.7 Å². The third-order valence-corrected chi connectivity index (χ3v) is 3.00. The number of nitrogens with one attached hydrogen (secondary N) is 1. The molecule has 5 heteroatoms. The molecule has 0 amide bonds. The van der Waals surface area contributed by atoms with Crippen LogP contribution < -0.4 is 10.2 Å². The van der Waals surface area contributed by atoms with Gasteiger partial charge in [-0.15, -0.1) is 0 Å². The zero-order valence-corrected chi connectivity index (χ0v) is 12.5. The molecule has 0 heterocycles. The van der Waals surface area contributed by atoms with Gasteiger partial charge >= 0.3 is 6.18 Å². The molecule has 0 aliphatic heterocycles. The highest BCUT2D eigenvalue weighted by Crippen LogP contribution is 2.37. The second-order valence-electron chi connectivity index (χ2n) is 5.40. The van der Waals surface area contributed by atoms with Gasteiger partial charge in [-0.25, -0.2) is 0 Å². The van der Waals surface area contributed by atoms with Gasteiger partial charge in [0, 0.05) is 25.8 Å². The molecule has 0 radical (unpaired) electrons. The Bertz CT molecular complexity index is 428. The molecule has 1 aromatic carbocycles. The normalized spacial score (nSPS) is 12.0. The van der Waals surface area contributed by atoms with E-state index in [9.17, 15) is 13.2 Å². The van der Waals surface area contributed by atoms with Crippen LogP contribution in [0.5, 0.6) is 0 Å². The maximum atomic E-state index is 13.2. The Hall–Kier alpha value is -1.23. The first-order chi connectivity index (χ1) is 9.25. The van der Waals surface area contributed by atoms with Crippen LogP contribution in [0.3, 0.4) is 0 Å². The van der Waals surface area contributed by atoms with E-state index in [1.54, 1.807) is 24.1 Å². The molecule has 1 N–H and O–H groups in total. The lowest BCUT2D eigenvalue weighted by Crippen LogP contribution is -2.25. The lowest BCUT2D eigenvalue weighted by Gasteiger charge is -2.25. The van der Waals surface area contributed by atoms with Crippen molar-refractivity contribution in [3.05, 3.63) is 29.3 Å². The van der Waals surface area contributed by atoms with Gasteiger partial charge in [0.1, 0.15) is 0 Å². The Labute approximate surface area is 119 Å². The second-order valence-corrected chi connectivity index (χ2v) is 5.40. The van der Waals surface area contributed by atoms with Crippen LogP contribution in [0.25, 0.3) is 0 Å². The predicted molar refractivity (Wildman–Crippen MR) is 76.9 cm³/mol. The van der Waals surface area contributed by atoms with Gasteiger partial charge < -0.3 is 10.2 Å². The number of hydrogen-bond acceptors (Lipinski definition) is 2. The topological polar surface area (TPSA) is 15.3 Å². The van der Waals surface area contributed by atoms with Gasteiger partial charge in [-0.2, -0.15) is 13.2 Å². The van der Waals surface area contributed by atoms with Crippen molar-refractivity contribution in [3.63, 3.8) is 0 Å². The molecule has 114 valence electrons. The second kappa shape index (κ2) is 6.97. The quantitative estimate of drug-likeness (QED) is 0.854. The largest absolute Gasteiger partial charge is 0.418 e. The third-order valence-electron chi connectivity index (χ3n) is 3.00. The van der Waals surface area contributed by atoms with Crippen molar-refractivity contribution in [1.82, 2.24) is 5.32 Å². The van der Waals surface area contributed by atoms with Crippen LogP contribution >= 0.6 is 0 Å². The molecule has 0 atom stereocenters. The van der Waals surface area contributed by atoms with Crippen LogP contribution in [0.2, 0.25) is 0 Å². The molecule has 0 aliphatic rings. The van der Waals surface area contributed by atoms with Crippen LogP contribution in [-0.2, 0) is 12.7 Å². The number of rotatable bonds is 6. The summed E-state index contributed by atoms with van der Waals surface area (Å²) in [4.78, 5) is 1.67. The van der Waals surface area contributed by atoms with Crippen LogP contribution in [0.4, 0.5) is 18.9 Å². The average molecular weight is 288 g/mol. The first-order valence-corrected chi connectivity index (χ1v) is 6.87. The van der Waals surface area contributed by atoms with Gasteiger partial charge in [-0.3, -0.25) is 0 Å². The summed E-state index contributed by atoms with van der Waals surface area (Å²) in [5, 5.41) is 3.04. The van der Waals surface area contributed by atoms with Gasteiger partial charge in [0.2, 0.25) is 0 Å². The van der Waals surface area contributed by atoms with E-state index in [4.69, 9.17) is 0 Å². The van der Waals surface area contributed by atoms with Crippen molar-refractivity contribution in [3.8, 4) is 0 Å². The van der Waals surface area contributed by atoms with E-state index in [0.717, 1.165) is 6.54 Å². The summed E-state index contributed by atoms with van der Waals surface area (Å²) in [6.45, 7) is 7.68. The lowest BCUT2D eigenvalue weighted by atomic mass is 10.1. The summed E-state index contributed by atoms with van der Waals surface area (Å²) in [7, 11) is 1.70. The standard InChI is InChI=1S/C15H23F3N2/c1-5-19-9-12-6-7-14(20(4)10-11(2)3)13(8-12)15(16,17)18/h6-8,11,19H,5,9-10H2,1-4H3. The van der Waals surface area contributed by atoms with Gasteiger partial charge in [0.15, 0.2) is 0 Å². The summed E-state index contributed by atoms with van der Waals surface area (Å²) >= 11 is 0. The zero-order valence-electron chi connectivity index (χ0n) is 12.5. The summed E-state index contributed by atoms with van der Waals surface area (Å²) in [6, 6.07) is 4.57. The smallest absolute Gasteiger partial charge is 0.374 e. The summed E-state index contributed by atoms with van der Waals surface area (Å²) in [6.07, 6.45) is -4.33. The highest BCUT2D eigenvalue weighted by atomic mass is 19.4. The Morgan fingerprint density at radius 1 is 1.25 bits per heavy atom. The minimum absolute atomic E-state index is 0.242. The molecular formula is C15H23F3N2. The van der Waals surface area contributed by atoms with E-state index in [1.165, 1.54) is 6.07 Å². The van der Waals surface area contributed by atoms with Crippen molar-refractivity contribution >= 4 is 5.69 Å². The molecule has 0 spiro atoms. The molecular weight excluding hydrogens is 265 g/mol. The van der Waals surface area contributed by atoms with Gasteiger partial charge in [0.05, 0.1) is 5.56 Å². The lowest BCUT2D eigenvalue weighted by molar-refractivity contribution is -0.137. The Balaban J connectivity index is 3.10. The van der Waals surface area contributed by atoms with E-state index in [2.05, 4.69) is 5.32 Å². The monoisotopic (exact) mass is 288 g/mol. The SMILES string of the molecule is CCNCc1ccc(N(C)CC(C)C)c(C(F)(F)F)c1. The Morgan fingerprint density at radius 2 is 1.90 bits per heavy atom. The summed E-state index contributed by atoms with van der Waals surface area (Å²) in [5.74, 6) is 0.308. The van der Waals surface area contributed by atoms with E-state index in [1.807, 2.05) is 20.8 Å². The molecule has 0 aromatic heterocycles. The van der Waals surface area contributed by atoms with Gasteiger partial charge in [-0.1, -0.05) is 26.8 Å². The zero-order chi connectivity index (χ0) is 15.3. The molecule has 20 heavy (non-hydrogen) atoms. The fourth-order valence-electron chi connectivity index (χ4n) is 2.17. The molecule has 0 unspecified atom stereocenters. The Morgan fingerprint density at radius 3 is 2.40 bits per heavy atom. The maximum absolute atomic E-state index is 13.2. The molecule has 0 saturated carbocycles. The average Bonchev–Trinajstić information content (AvgIpc) is 2.34. The molecule has 0 fully saturated rings.